The molecule has 0 fully saturated rings. The second-order valence-electron chi connectivity index (χ2n) is 3.52. The predicted octanol–water partition coefficient (Wildman–Crippen LogP) is 0.511. The molecule has 16 heavy (non-hydrogen) atoms. The molecule has 0 aliphatic carbocycles. The summed E-state index contributed by atoms with van der Waals surface area (Å²) < 4.78 is 0. The molecule has 6 heteroatoms. The number of hydrogen-bond acceptors (Lipinski definition) is 5. The first-order valence-corrected chi connectivity index (χ1v) is 4.72. The van der Waals surface area contributed by atoms with Gasteiger partial charge in [-0.1, -0.05) is 12.1 Å². The van der Waals surface area contributed by atoms with Crippen molar-refractivity contribution in [1.82, 2.24) is 0 Å². The molecule has 0 saturated heterocycles. The van der Waals surface area contributed by atoms with E-state index in [-0.39, 0.29) is 11.5 Å². The minimum Gasteiger partial charge on any atom is -0.322 e. The highest BCUT2D eigenvalue weighted by Gasteiger charge is 2.19. The highest BCUT2D eigenvalue weighted by molar-refractivity contribution is 5.89. The first kappa shape index (κ1) is 12.3. The van der Waals surface area contributed by atoms with Crippen LogP contribution in [0.1, 0.15) is 18.5 Å². The van der Waals surface area contributed by atoms with Crippen molar-refractivity contribution in [3.05, 3.63) is 39.9 Å². The van der Waals surface area contributed by atoms with Gasteiger partial charge in [-0.2, -0.15) is 0 Å². The first-order valence-electron chi connectivity index (χ1n) is 4.72. The Morgan fingerprint density at radius 3 is 2.19 bits per heavy atom. The Morgan fingerprint density at radius 2 is 1.81 bits per heavy atom. The van der Waals surface area contributed by atoms with Gasteiger partial charge in [-0.25, -0.2) is 0 Å². The van der Waals surface area contributed by atoms with Crippen molar-refractivity contribution in [2.45, 2.75) is 19.0 Å². The van der Waals surface area contributed by atoms with Crippen molar-refractivity contribution < 1.29 is 9.72 Å². The van der Waals surface area contributed by atoms with Crippen LogP contribution in [-0.4, -0.2) is 16.7 Å². The highest BCUT2D eigenvalue weighted by atomic mass is 16.6. The van der Waals surface area contributed by atoms with E-state index in [2.05, 4.69) is 0 Å². The fraction of sp³-hybridized carbons (Fsp3) is 0.300. The number of nitrogens with zero attached hydrogens (tertiary/aromatic N) is 1. The molecular formula is C10H13N3O3. The van der Waals surface area contributed by atoms with Gasteiger partial charge in [0, 0.05) is 12.1 Å². The fourth-order valence-electron chi connectivity index (χ4n) is 1.25. The first-order chi connectivity index (χ1) is 7.43. The molecule has 0 heterocycles. The molecule has 1 aromatic rings. The summed E-state index contributed by atoms with van der Waals surface area (Å²) in [5.41, 5.74) is 11.6. The maximum absolute atomic E-state index is 11.5. The second-order valence-corrected chi connectivity index (χ2v) is 3.52. The zero-order chi connectivity index (χ0) is 12.3. The van der Waals surface area contributed by atoms with Gasteiger partial charge in [-0.05, 0) is 12.5 Å². The van der Waals surface area contributed by atoms with Gasteiger partial charge in [-0.15, -0.1) is 0 Å². The number of hydrogen-bond donors (Lipinski definition) is 2. The number of non-ortho nitro benzene ring substituents is 1. The van der Waals surface area contributed by atoms with E-state index in [1.807, 2.05) is 0 Å². The normalized spacial score (nSPS) is 14.2. The Kier molecular flexibility index (Phi) is 3.70. The van der Waals surface area contributed by atoms with E-state index >= 15 is 0 Å². The van der Waals surface area contributed by atoms with E-state index in [1.54, 1.807) is 6.92 Å². The number of rotatable bonds is 4. The molecule has 0 aliphatic heterocycles. The van der Waals surface area contributed by atoms with Crippen molar-refractivity contribution in [1.29, 1.82) is 0 Å². The predicted molar refractivity (Wildman–Crippen MR) is 58.7 cm³/mol. The zero-order valence-electron chi connectivity index (χ0n) is 8.79. The number of ketones is 1. The van der Waals surface area contributed by atoms with Gasteiger partial charge in [0.2, 0.25) is 0 Å². The van der Waals surface area contributed by atoms with Crippen LogP contribution < -0.4 is 11.5 Å². The van der Waals surface area contributed by atoms with E-state index in [0.29, 0.717) is 5.56 Å². The van der Waals surface area contributed by atoms with Crippen LogP contribution in [0.2, 0.25) is 0 Å². The van der Waals surface area contributed by atoms with Gasteiger partial charge < -0.3 is 11.5 Å². The van der Waals surface area contributed by atoms with Crippen molar-refractivity contribution in [2.24, 2.45) is 11.5 Å². The van der Waals surface area contributed by atoms with Crippen molar-refractivity contribution in [2.75, 3.05) is 0 Å². The van der Waals surface area contributed by atoms with Crippen LogP contribution in [0.5, 0.6) is 0 Å². The summed E-state index contributed by atoms with van der Waals surface area (Å²) in [5.74, 6) is -0.297. The molecule has 6 nitrogen and oxygen atoms in total. The molecule has 0 aromatic heterocycles. The average Bonchev–Trinajstić information content (AvgIpc) is 2.27. The second kappa shape index (κ2) is 4.82. The number of benzene rings is 1. The van der Waals surface area contributed by atoms with Gasteiger partial charge in [0.15, 0.2) is 5.78 Å². The summed E-state index contributed by atoms with van der Waals surface area (Å²) in [6.45, 7) is 1.55. The van der Waals surface area contributed by atoms with Gasteiger partial charge in [0.25, 0.3) is 5.69 Å². The largest absolute Gasteiger partial charge is 0.322 e. The smallest absolute Gasteiger partial charge is 0.269 e. The number of nitro benzene ring substituents is 1. The van der Waals surface area contributed by atoms with Gasteiger partial charge >= 0.3 is 0 Å². The molecule has 0 saturated carbocycles. The summed E-state index contributed by atoms with van der Waals surface area (Å²) in [6, 6.07) is 4.06. The molecule has 2 atom stereocenters. The molecule has 86 valence electrons. The van der Waals surface area contributed by atoms with Crippen LogP contribution >= 0.6 is 0 Å². The van der Waals surface area contributed by atoms with Gasteiger partial charge in [0.05, 0.1) is 17.0 Å². The van der Waals surface area contributed by atoms with Crippen molar-refractivity contribution in [3.63, 3.8) is 0 Å². The average molecular weight is 223 g/mol. The van der Waals surface area contributed by atoms with Crippen LogP contribution in [0.25, 0.3) is 0 Å². The third-order valence-corrected chi connectivity index (χ3v) is 2.22. The summed E-state index contributed by atoms with van der Waals surface area (Å²) in [7, 11) is 0. The van der Waals surface area contributed by atoms with Gasteiger partial charge in [0.1, 0.15) is 0 Å². The Labute approximate surface area is 92.4 Å². The molecule has 0 spiro atoms. The molecule has 0 bridgehead atoms. The third kappa shape index (κ3) is 2.62. The maximum atomic E-state index is 11.5. The van der Waals surface area contributed by atoms with E-state index in [0.717, 1.165) is 0 Å². The van der Waals surface area contributed by atoms with Crippen LogP contribution in [0.15, 0.2) is 24.3 Å². The lowest BCUT2D eigenvalue weighted by Gasteiger charge is -2.12. The van der Waals surface area contributed by atoms with Crippen molar-refractivity contribution in [3.8, 4) is 0 Å². The minimum atomic E-state index is -0.833. The SMILES string of the molecule is C[C@H](N)C(=O)C(N)c1ccc([N+](=O)[O-])cc1. The lowest BCUT2D eigenvalue weighted by Crippen LogP contribution is -2.35. The van der Waals surface area contributed by atoms with E-state index in [1.165, 1.54) is 24.3 Å². The Balaban J connectivity index is 2.89. The summed E-state index contributed by atoms with van der Waals surface area (Å²) in [6.07, 6.45) is 0. The lowest BCUT2D eigenvalue weighted by molar-refractivity contribution is -0.384. The number of Topliss-reactive ketones (excluding diaryl/α,β-unsaturated/α-hetero) is 1. The van der Waals surface area contributed by atoms with Crippen molar-refractivity contribution >= 4 is 11.5 Å². The molecular weight excluding hydrogens is 210 g/mol. The summed E-state index contributed by atoms with van der Waals surface area (Å²) in [4.78, 5) is 21.4. The van der Waals surface area contributed by atoms with Crippen LogP contribution in [-0.2, 0) is 4.79 Å². The minimum absolute atomic E-state index is 0.0378. The molecule has 0 aliphatic rings. The van der Waals surface area contributed by atoms with Crippen LogP contribution in [0.4, 0.5) is 5.69 Å². The number of carbonyl (C=O) groups excluding carboxylic acids is 1. The van der Waals surface area contributed by atoms with E-state index in [4.69, 9.17) is 11.5 Å². The Bertz CT molecular complexity index is 400. The molecule has 4 N–H and O–H groups in total. The van der Waals surface area contributed by atoms with E-state index < -0.39 is 17.0 Å². The quantitative estimate of drug-likeness (QED) is 0.570. The molecule has 1 aromatic carbocycles. The van der Waals surface area contributed by atoms with Crippen LogP contribution in [0, 0.1) is 10.1 Å². The zero-order valence-corrected chi connectivity index (χ0v) is 8.79. The third-order valence-electron chi connectivity index (χ3n) is 2.22. The lowest BCUT2D eigenvalue weighted by atomic mass is 10.00. The number of nitro groups is 1. The molecule has 1 rings (SSSR count). The number of carbonyl (C=O) groups is 1. The van der Waals surface area contributed by atoms with E-state index in [9.17, 15) is 14.9 Å². The number of nitrogens with two attached hydrogens (primary N) is 2. The Morgan fingerprint density at radius 1 is 1.31 bits per heavy atom. The standard InChI is InChI=1S/C10H13N3O3/c1-6(11)10(14)9(12)7-2-4-8(5-3-7)13(15)16/h2-6,9H,11-12H2,1H3/t6-,9?/m0/s1. The summed E-state index contributed by atoms with van der Waals surface area (Å²) >= 11 is 0. The topological polar surface area (TPSA) is 112 Å². The molecule has 0 radical (unpaired) electrons. The monoisotopic (exact) mass is 223 g/mol. The van der Waals surface area contributed by atoms with Gasteiger partial charge in [-0.3, -0.25) is 14.9 Å². The molecule has 1 unspecified atom stereocenters. The molecule has 0 amide bonds. The fourth-order valence-corrected chi connectivity index (χ4v) is 1.25. The summed E-state index contributed by atoms with van der Waals surface area (Å²) in [5, 5.41) is 10.4. The Hall–Kier alpha value is -1.79. The maximum Gasteiger partial charge on any atom is 0.269 e. The van der Waals surface area contributed by atoms with Crippen LogP contribution in [0.3, 0.4) is 0 Å². The highest BCUT2D eigenvalue weighted by Crippen LogP contribution is 2.17.